The second-order valence-electron chi connectivity index (χ2n) is 7.19. The normalized spacial score (nSPS) is 18.9. The molecule has 2 aromatic heterocycles. The number of nitrogens with zero attached hydrogens (tertiary/aromatic N) is 6. The molecule has 1 aromatic carbocycles. The van der Waals surface area contributed by atoms with Gasteiger partial charge in [-0.05, 0) is 24.1 Å². The average molecular weight is 391 g/mol. The van der Waals surface area contributed by atoms with E-state index in [4.69, 9.17) is 0 Å². The Hall–Kier alpha value is -3.82. The van der Waals surface area contributed by atoms with Crippen molar-refractivity contribution in [2.24, 2.45) is 7.05 Å². The maximum Gasteiger partial charge on any atom is 0.255 e. The van der Waals surface area contributed by atoms with Gasteiger partial charge in [0.25, 0.3) is 5.91 Å². The highest BCUT2D eigenvalue weighted by Gasteiger charge is 2.39. The van der Waals surface area contributed by atoms with Gasteiger partial charge in [0.1, 0.15) is 11.7 Å². The molecule has 0 spiro atoms. The van der Waals surface area contributed by atoms with Crippen LogP contribution >= 0.6 is 0 Å². The summed E-state index contributed by atoms with van der Waals surface area (Å²) in [5.41, 5.74) is 3.60. The van der Waals surface area contributed by atoms with Crippen molar-refractivity contribution in [3.8, 4) is 16.9 Å². The summed E-state index contributed by atoms with van der Waals surface area (Å²) in [6.07, 6.45) is 5.90. The molecule has 1 atom stereocenters. The Morgan fingerprint density at radius 3 is 2.79 bits per heavy atom. The van der Waals surface area contributed by atoms with Gasteiger partial charge in [0.05, 0.1) is 18.1 Å². The van der Waals surface area contributed by atoms with Crippen LogP contribution in [0.3, 0.4) is 0 Å². The Morgan fingerprint density at radius 2 is 2.03 bits per heavy atom. The van der Waals surface area contributed by atoms with Crippen molar-refractivity contribution in [3.05, 3.63) is 47.9 Å². The Balaban J connectivity index is 1.42. The predicted octanol–water partition coefficient (Wildman–Crippen LogP) is 0.429. The molecular formula is C19H17N7O3. The fraction of sp³-hybridized carbons (Fsp3) is 0.263. The number of carbonyl (C=O) groups excluding carboxylic acids is 3. The second-order valence-corrected chi connectivity index (χ2v) is 7.19. The first kappa shape index (κ1) is 17.3. The first-order chi connectivity index (χ1) is 14.0. The number of aryl methyl sites for hydroxylation is 1. The molecule has 3 amide bonds. The molecule has 0 aliphatic carbocycles. The Labute approximate surface area is 165 Å². The zero-order valence-electron chi connectivity index (χ0n) is 15.6. The van der Waals surface area contributed by atoms with Crippen molar-refractivity contribution in [3.63, 3.8) is 0 Å². The largest absolute Gasteiger partial charge is 0.322 e. The summed E-state index contributed by atoms with van der Waals surface area (Å²) in [7, 11) is 1.83. The van der Waals surface area contributed by atoms with Gasteiger partial charge in [-0.1, -0.05) is 11.3 Å². The summed E-state index contributed by atoms with van der Waals surface area (Å²) >= 11 is 0. The average Bonchev–Trinajstić information content (AvgIpc) is 3.41. The highest BCUT2D eigenvalue weighted by molar-refractivity contribution is 6.05. The summed E-state index contributed by atoms with van der Waals surface area (Å²) in [6.45, 7) is 0.346. The van der Waals surface area contributed by atoms with Crippen LogP contribution < -0.4 is 5.32 Å². The number of aromatic nitrogens is 5. The zero-order valence-corrected chi connectivity index (χ0v) is 15.6. The molecule has 1 fully saturated rings. The summed E-state index contributed by atoms with van der Waals surface area (Å²) in [4.78, 5) is 38.0. The summed E-state index contributed by atoms with van der Waals surface area (Å²) in [5, 5.41) is 14.8. The molecule has 1 N–H and O–H groups in total. The molecule has 5 rings (SSSR count). The molecule has 2 aliphatic rings. The van der Waals surface area contributed by atoms with Gasteiger partial charge in [-0.15, -0.1) is 5.10 Å². The van der Waals surface area contributed by atoms with Crippen molar-refractivity contribution < 1.29 is 14.4 Å². The number of hydrogen-bond acceptors (Lipinski definition) is 6. The van der Waals surface area contributed by atoms with Gasteiger partial charge in [0, 0.05) is 37.3 Å². The molecule has 0 saturated carbocycles. The third kappa shape index (κ3) is 2.89. The van der Waals surface area contributed by atoms with Crippen molar-refractivity contribution in [2.45, 2.75) is 25.4 Å². The first-order valence-corrected chi connectivity index (χ1v) is 9.19. The molecule has 146 valence electrons. The van der Waals surface area contributed by atoms with Crippen LogP contribution in [-0.2, 0) is 23.2 Å². The summed E-state index contributed by atoms with van der Waals surface area (Å²) < 4.78 is 3.29. The van der Waals surface area contributed by atoms with Gasteiger partial charge < -0.3 is 4.90 Å². The number of benzene rings is 1. The molecular weight excluding hydrogens is 374 g/mol. The molecule has 10 nitrogen and oxygen atoms in total. The summed E-state index contributed by atoms with van der Waals surface area (Å²) in [5.74, 6) is -0.933. The minimum absolute atomic E-state index is 0.219. The fourth-order valence-electron chi connectivity index (χ4n) is 3.76. The first-order valence-electron chi connectivity index (χ1n) is 9.19. The monoisotopic (exact) mass is 391 g/mol. The van der Waals surface area contributed by atoms with E-state index in [1.165, 1.54) is 4.90 Å². The SMILES string of the molecule is Cn1cc(-c2cn(-c3ccc4c(c3)C(=O)N(C3CCC(=O)NC3=O)C4)nn2)cn1. The minimum Gasteiger partial charge on any atom is -0.322 e. The van der Waals surface area contributed by atoms with Crippen LogP contribution in [0.1, 0.15) is 28.8 Å². The zero-order chi connectivity index (χ0) is 20.1. The van der Waals surface area contributed by atoms with Gasteiger partial charge in [-0.3, -0.25) is 24.4 Å². The van der Waals surface area contributed by atoms with E-state index in [1.807, 2.05) is 25.4 Å². The Morgan fingerprint density at radius 1 is 1.17 bits per heavy atom. The highest BCUT2D eigenvalue weighted by atomic mass is 16.2. The lowest BCUT2D eigenvalue weighted by molar-refractivity contribution is -0.136. The number of piperidine rings is 1. The van der Waals surface area contributed by atoms with Crippen molar-refractivity contribution in [2.75, 3.05) is 0 Å². The predicted molar refractivity (Wildman–Crippen MR) is 99.6 cm³/mol. The van der Waals surface area contributed by atoms with E-state index in [0.717, 1.165) is 11.1 Å². The van der Waals surface area contributed by atoms with Crippen LogP contribution in [0.25, 0.3) is 16.9 Å². The third-order valence-corrected chi connectivity index (χ3v) is 5.27. The lowest BCUT2D eigenvalue weighted by Crippen LogP contribution is -2.52. The topological polar surface area (TPSA) is 115 Å². The van der Waals surface area contributed by atoms with E-state index in [-0.39, 0.29) is 18.2 Å². The Bertz CT molecular complexity index is 1160. The standard InChI is InChI=1S/C19H17N7O3/c1-24-8-12(7-20-24)15-10-26(23-22-15)13-3-2-11-9-25(19(29)14(11)6-13)16-4-5-17(27)21-18(16)28/h2-3,6-8,10,16H,4-5,9H2,1H3,(H,21,27,28). The summed E-state index contributed by atoms with van der Waals surface area (Å²) in [6, 6.07) is 4.85. The second kappa shape index (κ2) is 6.36. The molecule has 2 aliphatic heterocycles. The molecule has 0 bridgehead atoms. The minimum atomic E-state index is -0.625. The number of fused-ring (bicyclic) bond motifs is 1. The van der Waals surface area contributed by atoms with Crippen molar-refractivity contribution >= 4 is 17.7 Å². The number of hydrogen-bond donors (Lipinski definition) is 1. The maximum atomic E-state index is 12.9. The number of nitrogens with one attached hydrogen (secondary N) is 1. The highest BCUT2D eigenvalue weighted by Crippen LogP contribution is 2.29. The fourth-order valence-corrected chi connectivity index (χ4v) is 3.76. The quantitative estimate of drug-likeness (QED) is 0.648. The van der Waals surface area contributed by atoms with Gasteiger partial charge in [-0.25, -0.2) is 4.68 Å². The van der Waals surface area contributed by atoms with Gasteiger partial charge in [0.2, 0.25) is 11.8 Å². The van der Waals surface area contributed by atoms with Crippen LogP contribution in [-0.4, -0.2) is 53.4 Å². The van der Waals surface area contributed by atoms with Crippen molar-refractivity contribution in [1.29, 1.82) is 0 Å². The van der Waals surface area contributed by atoms with E-state index in [0.29, 0.717) is 29.9 Å². The third-order valence-electron chi connectivity index (χ3n) is 5.27. The number of imide groups is 1. The van der Waals surface area contributed by atoms with Crippen LogP contribution in [0.4, 0.5) is 0 Å². The molecule has 1 unspecified atom stereocenters. The number of carbonyl (C=O) groups is 3. The molecule has 10 heteroatoms. The molecule has 1 saturated heterocycles. The lowest BCUT2D eigenvalue weighted by atomic mass is 10.0. The van der Waals surface area contributed by atoms with Gasteiger partial charge in [-0.2, -0.15) is 5.10 Å². The van der Waals surface area contributed by atoms with Crippen LogP contribution in [0.15, 0.2) is 36.8 Å². The van der Waals surface area contributed by atoms with Crippen LogP contribution in [0.2, 0.25) is 0 Å². The molecule has 0 radical (unpaired) electrons. The van der Waals surface area contributed by atoms with Crippen LogP contribution in [0, 0.1) is 0 Å². The lowest BCUT2D eigenvalue weighted by Gasteiger charge is -2.29. The molecule has 3 aromatic rings. The Kier molecular flexibility index (Phi) is 3.79. The van der Waals surface area contributed by atoms with E-state index in [9.17, 15) is 14.4 Å². The van der Waals surface area contributed by atoms with E-state index < -0.39 is 11.9 Å². The van der Waals surface area contributed by atoms with Gasteiger partial charge in [0.15, 0.2) is 0 Å². The smallest absolute Gasteiger partial charge is 0.255 e. The van der Waals surface area contributed by atoms with E-state index >= 15 is 0 Å². The number of amides is 3. The van der Waals surface area contributed by atoms with Crippen molar-refractivity contribution in [1.82, 2.24) is 35.0 Å². The number of rotatable bonds is 3. The van der Waals surface area contributed by atoms with Gasteiger partial charge >= 0.3 is 0 Å². The van der Waals surface area contributed by atoms with Crippen LogP contribution in [0.5, 0.6) is 0 Å². The maximum absolute atomic E-state index is 12.9. The molecule has 4 heterocycles. The van der Waals surface area contributed by atoms with E-state index in [1.54, 1.807) is 27.8 Å². The molecule has 29 heavy (non-hydrogen) atoms. The van der Waals surface area contributed by atoms with E-state index in [2.05, 4.69) is 20.7 Å².